The number of hydrogen-bond acceptors (Lipinski definition) is 6. The van der Waals surface area contributed by atoms with Crippen LogP contribution in [0.4, 0.5) is 11.8 Å². The molecule has 1 amide bonds. The molecular weight excluding hydrogens is 306 g/mol. The maximum atomic E-state index is 12.3. The zero-order valence-electron chi connectivity index (χ0n) is 14.2. The minimum absolute atomic E-state index is 0.0579. The van der Waals surface area contributed by atoms with E-state index in [9.17, 15) is 4.79 Å². The van der Waals surface area contributed by atoms with Crippen LogP contribution in [0.5, 0.6) is 0 Å². The Balaban J connectivity index is 1.64. The van der Waals surface area contributed by atoms with Gasteiger partial charge in [-0.2, -0.15) is 4.98 Å². The van der Waals surface area contributed by atoms with Gasteiger partial charge in [-0.3, -0.25) is 4.79 Å². The molecule has 7 heteroatoms. The minimum atomic E-state index is -0.0579. The summed E-state index contributed by atoms with van der Waals surface area (Å²) in [7, 11) is 0. The van der Waals surface area contributed by atoms with Crippen molar-refractivity contribution in [3.05, 3.63) is 36.4 Å². The highest BCUT2D eigenvalue weighted by Gasteiger charge is 2.25. The molecule has 2 aromatic heterocycles. The Bertz CT molecular complexity index is 661. The Morgan fingerprint density at radius 3 is 2.58 bits per heavy atom. The van der Waals surface area contributed by atoms with Gasteiger partial charge in [-0.15, -0.1) is 0 Å². The highest BCUT2D eigenvalue weighted by molar-refractivity contribution is 5.91. The Morgan fingerprint density at radius 2 is 1.96 bits per heavy atom. The number of aromatic nitrogens is 2. The van der Waals surface area contributed by atoms with Gasteiger partial charge in [0.2, 0.25) is 5.95 Å². The number of carbonyl (C=O) groups excluding carboxylic acids is 1. The predicted molar refractivity (Wildman–Crippen MR) is 92.4 cm³/mol. The molecule has 3 rings (SSSR count). The Morgan fingerprint density at radius 1 is 1.21 bits per heavy atom. The smallest absolute Gasteiger partial charge is 0.289 e. The first-order valence-electron chi connectivity index (χ1n) is 8.38. The SMILES string of the molecule is CCN(CC)c1ccnc(N2CCN(C(=O)c3ccco3)CC2)n1. The van der Waals surface area contributed by atoms with Gasteiger partial charge in [0.1, 0.15) is 5.82 Å². The summed E-state index contributed by atoms with van der Waals surface area (Å²) >= 11 is 0. The van der Waals surface area contributed by atoms with Gasteiger partial charge in [-0.25, -0.2) is 4.98 Å². The zero-order chi connectivity index (χ0) is 16.9. The summed E-state index contributed by atoms with van der Waals surface area (Å²) in [5.74, 6) is 2.00. The lowest BCUT2D eigenvalue weighted by molar-refractivity contribution is 0.0714. The van der Waals surface area contributed by atoms with E-state index < -0.39 is 0 Å². The van der Waals surface area contributed by atoms with E-state index in [1.807, 2.05) is 11.0 Å². The third kappa shape index (κ3) is 3.34. The van der Waals surface area contributed by atoms with Crippen LogP contribution in [0, 0.1) is 0 Å². The lowest BCUT2D eigenvalue weighted by atomic mass is 10.3. The molecule has 128 valence electrons. The van der Waals surface area contributed by atoms with Crippen molar-refractivity contribution in [3.63, 3.8) is 0 Å². The van der Waals surface area contributed by atoms with E-state index in [1.165, 1.54) is 6.26 Å². The maximum absolute atomic E-state index is 12.3. The van der Waals surface area contributed by atoms with E-state index in [-0.39, 0.29) is 5.91 Å². The summed E-state index contributed by atoms with van der Waals surface area (Å²) in [5, 5.41) is 0. The van der Waals surface area contributed by atoms with Gasteiger partial charge in [0, 0.05) is 45.5 Å². The topological polar surface area (TPSA) is 65.7 Å². The molecule has 0 unspecified atom stereocenters. The Hall–Kier alpha value is -2.57. The Labute approximate surface area is 141 Å². The summed E-state index contributed by atoms with van der Waals surface area (Å²) in [4.78, 5) is 27.5. The second kappa shape index (κ2) is 7.33. The molecule has 0 saturated carbocycles. The third-order valence-corrected chi connectivity index (χ3v) is 4.30. The van der Waals surface area contributed by atoms with Crippen molar-refractivity contribution in [1.29, 1.82) is 0 Å². The van der Waals surface area contributed by atoms with E-state index in [0.29, 0.717) is 31.9 Å². The van der Waals surface area contributed by atoms with Crippen molar-refractivity contribution >= 4 is 17.7 Å². The van der Waals surface area contributed by atoms with Gasteiger partial charge < -0.3 is 19.1 Å². The van der Waals surface area contributed by atoms with Gasteiger partial charge in [-0.05, 0) is 32.0 Å². The summed E-state index contributed by atoms with van der Waals surface area (Å²) in [6, 6.07) is 5.37. The third-order valence-electron chi connectivity index (χ3n) is 4.30. The number of nitrogens with zero attached hydrogens (tertiary/aromatic N) is 5. The number of piperazine rings is 1. The average Bonchev–Trinajstić information content (AvgIpc) is 3.17. The molecular formula is C17H23N5O2. The molecule has 0 spiro atoms. The van der Waals surface area contributed by atoms with Gasteiger partial charge in [0.25, 0.3) is 5.91 Å². The predicted octanol–water partition coefficient (Wildman–Crippen LogP) is 1.88. The molecule has 0 bridgehead atoms. The van der Waals surface area contributed by atoms with Crippen LogP contribution in [-0.4, -0.2) is 60.0 Å². The largest absolute Gasteiger partial charge is 0.459 e. The molecule has 0 N–H and O–H groups in total. The van der Waals surface area contributed by atoms with E-state index >= 15 is 0 Å². The fraction of sp³-hybridized carbons (Fsp3) is 0.471. The fourth-order valence-electron chi connectivity index (χ4n) is 2.88. The normalized spacial score (nSPS) is 14.8. The van der Waals surface area contributed by atoms with Crippen LogP contribution in [-0.2, 0) is 0 Å². The van der Waals surface area contributed by atoms with E-state index in [1.54, 1.807) is 18.3 Å². The van der Waals surface area contributed by atoms with Gasteiger partial charge >= 0.3 is 0 Å². The molecule has 0 aromatic carbocycles. The van der Waals surface area contributed by atoms with Crippen molar-refractivity contribution in [1.82, 2.24) is 14.9 Å². The van der Waals surface area contributed by atoms with Crippen molar-refractivity contribution in [2.75, 3.05) is 49.1 Å². The van der Waals surface area contributed by atoms with Gasteiger partial charge in [0.15, 0.2) is 5.76 Å². The lowest BCUT2D eigenvalue weighted by Gasteiger charge is -2.34. The number of hydrogen-bond donors (Lipinski definition) is 0. The summed E-state index contributed by atoms with van der Waals surface area (Å²) in [6.07, 6.45) is 3.33. The fourth-order valence-corrected chi connectivity index (χ4v) is 2.88. The van der Waals surface area contributed by atoms with Gasteiger partial charge in [-0.1, -0.05) is 0 Å². The van der Waals surface area contributed by atoms with Crippen LogP contribution in [0.2, 0.25) is 0 Å². The van der Waals surface area contributed by atoms with Crippen LogP contribution >= 0.6 is 0 Å². The number of amides is 1. The highest BCUT2D eigenvalue weighted by atomic mass is 16.3. The van der Waals surface area contributed by atoms with E-state index in [4.69, 9.17) is 4.42 Å². The first kappa shape index (κ1) is 16.3. The first-order valence-corrected chi connectivity index (χ1v) is 8.38. The van der Waals surface area contributed by atoms with Crippen molar-refractivity contribution in [2.45, 2.75) is 13.8 Å². The highest BCUT2D eigenvalue weighted by Crippen LogP contribution is 2.17. The maximum Gasteiger partial charge on any atom is 0.289 e. The minimum Gasteiger partial charge on any atom is -0.459 e. The molecule has 7 nitrogen and oxygen atoms in total. The molecule has 1 fully saturated rings. The van der Waals surface area contributed by atoms with E-state index in [0.717, 1.165) is 24.9 Å². The number of furan rings is 1. The second-order valence-electron chi connectivity index (χ2n) is 5.64. The van der Waals surface area contributed by atoms with Gasteiger partial charge in [0.05, 0.1) is 6.26 Å². The molecule has 2 aromatic rings. The van der Waals surface area contributed by atoms with Crippen LogP contribution in [0.25, 0.3) is 0 Å². The van der Waals surface area contributed by atoms with Crippen LogP contribution in [0.15, 0.2) is 35.1 Å². The van der Waals surface area contributed by atoms with Crippen molar-refractivity contribution < 1.29 is 9.21 Å². The summed E-state index contributed by atoms with van der Waals surface area (Å²) in [5.41, 5.74) is 0. The summed E-state index contributed by atoms with van der Waals surface area (Å²) < 4.78 is 5.19. The first-order chi connectivity index (χ1) is 11.7. The molecule has 0 aliphatic carbocycles. The lowest BCUT2D eigenvalue weighted by Crippen LogP contribution is -2.49. The molecule has 0 radical (unpaired) electrons. The Kier molecular flexibility index (Phi) is 4.98. The summed E-state index contributed by atoms with van der Waals surface area (Å²) in [6.45, 7) is 8.77. The van der Waals surface area contributed by atoms with Crippen LogP contribution in [0.3, 0.4) is 0 Å². The van der Waals surface area contributed by atoms with Crippen LogP contribution in [0.1, 0.15) is 24.4 Å². The van der Waals surface area contributed by atoms with Crippen LogP contribution < -0.4 is 9.80 Å². The molecule has 1 aliphatic rings. The second-order valence-corrected chi connectivity index (χ2v) is 5.64. The monoisotopic (exact) mass is 329 g/mol. The molecule has 1 saturated heterocycles. The standard InChI is InChI=1S/C17H23N5O2/c1-3-20(4-2)15-7-8-18-17(19-15)22-11-9-21(10-12-22)16(23)14-6-5-13-24-14/h5-8,13H,3-4,9-12H2,1-2H3. The molecule has 0 atom stereocenters. The number of rotatable bonds is 5. The average molecular weight is 329 g/mol. The van der Waals surface area contributed by atoms with Crippen molar-refractivity contribution in [3.8, 4) is 0 Å². The van der Waals surface area contributed by atoms with E-state index in [2.05, 4.69) is 33.6 Å². The van der Waals surface area contributed by atoms with Crippen molar-refractivity contribution in [2.24, 2.45) is 0 Å². The zero-order valence-corrected chi connectivity index (χ0v) is 14.2. The molecule has 24 heavy (non-hydrogen) atoms. The number of anilines is 2. The molecule has 3 heterocycles. The quantitative estimate of drug-likeness (QED) is 0.834. The molecule has 1 aliphatic heterocycles. The number of carbonyl (C=O) groups is 1.